The van der Waals surface area contributed by atoms with Gasteiger partial charge in [-0.25, -0.2) is 5.84 Å². The highest BCUT2D eigenvalue weighted by atomic mass is 35.5. The number of amides is 3. The number of hydrazine groups is 1. The molecule has 5 N–H and O–H groups in total. The summed E-state index contributed by atoms with van der Waals surface area (Å²) < 4.78 is 0. The quantitative estimate of drug-likeness (QED) is 0.318. The molecule has 2 aliphatic heterocycles. The summed E-state index contributed by atoms with van der Waals surface area (Å²) >= 11 is 6.24. The second-order valence-electron chi connectivity index (χ2n) is 9.23. The summed E-state index contributed by atoms with van der Waals surface area (Å²) in [6, 6.07) is 20.0. The molecule has 1 fully saturated rings. The molecule has 9 nitrogen and oxygen atoms in total. The molecule has 1 atom stereocenters. The van der Waals surface area contributed by atoms with E-state index in [1.807, 2.05) is 48.5 Å². The lowest BCUT2D eigenvalue weighted by Gasteiger charge is -2.39. The van der Waals surface area contributed by atoms with Crippen molar-refractivity contribution in [1.82, 2.24) is 4.90 Å². The number of halogens is 1. The van der Waals surface area contributed by atoms with Crippen LogP contribution in [0.3, 0.4) is 0 Å². The Morgan fingerprint density at radius 1 is 1.00 bits per heavy atom. The van der Waals surface area contributed by atoms with Gasteiger partial charge in [0.05, 0.1) is 23.8 Å². The first-order valence-electron chi connectivity index (χ1n) is 12.1. The number of rotatable bonds is 7. The van der Waals surface area contributed by atoms with Crippen LogP contribution in [0.5, 0.6) is 0 Å². The van der Waals surface area contributed by atoms with Gasteiger partial charge in [-0.1, -0.05) is 54.1 Å². The van der Waals surface area contributed by atoms with Crippen LogP contribution in [0.15, 0.2) is 79.1 Å². The van der Waals surface area contributed by atoms with Crippen LogP contribution < -0.4 is 26.8 Å². The van der Waals surface area contributed by atoms with Gasteiger partial charge in [0.2, 0.25) is 17.7 Å². The van der Waals surface area contributed by atoms with Crippen LogP contribution in [0.2, 0.25) is 5.02 Å². The summed E-state index contributed by atoms with van der Waals surface area (Å²) in [6.45, 7) is -0.309. The van der Waals surface area contributed by atoms with Crippen LogP contribution in [-0.2, 0) is 27.2 Å². The maximum Gasteiger partial charge on any atom is 0.247 e. The lowest BCUT2D eigenvalue weighted by Crippen LogP contribution is -2.55. The van der Waals surface area contributed by atoms with Gasteiger partial charge in [0.1, 0.15) is 13.1 Å². The van der Waals surface area contributed by atoms with Crippen LogP contribution in [-0.4, -0.2) is 35.7 Å². The number of benzene rings is 3. The van der Waals surface area contributed by atoms with Crippen LogP contribution in [0.4, 0.5) is 17.1 Å². The zero-order chi connectivity index (χ0) is 26.8. The molecule has 1 saturated heterocycles. The highest BCUT2D eigenvalue weighted by molar-refractivity contribution is 6.31. The van der Waals surface area contributed by atoms with Crippen molar-refractivity contribution in [3.63, 3.8) is 0 Å². The van der Waals surface area contributed by atoms with Crippen molar-refractivity contribution in [2.45, 2.75) is 18.9 Å². The van der Waals surface area contributed by atoms with Crippen molar-refractivity contribution in [3.8, 4) is 0 Å². The molecule has 0 bridgehead atoms. The molecule has 0 aliphatic carbocycles. The molecule has 3 aromatic carbocycles. The van der Waals surface area contributed by atoms with Crippen molar-refractivity contribution < 1.29 is 14.4 Å². The van der Waals surface area contributed by atoms with Crippen molar-refractivity contribution in [2.24, 2.45) is 11.6 Å². The fourth-order valence-corrected chi connectivity index (χ4v) is 5.11. The lowest BCUT2D eigenvalue weighted by molar-refractivity contribution is -0.140. The van der Waals surface area contributed by atoms with E-state index in [9.17, 15) is 14.4 Å². The highest BCUT2D eigenvalue weighted by Crippen LogP contribution is 2.36. The van der Waals surface area contributed by atoms with Gasteiger partial charge >= 0.3 is 0 Å². The Labute approximate surface area is 225 Å². The van der Waals surface area contributed by atoms with Gasteiger partial charge in [-0.3, -0.25) is 24.3 Å². The fourth-order valence-electron chi connectivity index (χ4n) is 4.94. The smallest absolute Gasteiger partial charge is 0.247 e. The van der Waals surface area contributed by atoms with Crippen molar-refractivity contribution in [2.75, 3.05) is 28.3 Å². The molecule has 0 radical (unpaired) electrons. The standard InChI is InChI=1S/C28H27ClN6O3/c29-21-7-9-23(35(31)11-10-30)25(15-21)34-17-27(37)33(16-28(34)38)24(12-18-4-2-1-3-5-18)19-6-8-22-20(13-19)14-26(36)32-22/h1-11,13,15,24H,12,14,16-17,30-31H2,(H,32,36)/b11-10-. The summed E-state index contributed by atoms with van der Waals surface area (Å²) in [5.41, 5.74) is 9.93. The molecule has 0 aromatic heterocycles. The minimum absolute atomic E-state index is 0.0626. The maximum absolute atomic E-state index is 13.7. The number of hydrogen-bond donors (Lipinski definition) is 3. The minimum Gasteiger partial charge on any atom is -0.403 e. The first-order valence-corrected chi connectivity index (χ1v) is 12.5. The average Bonchev–Trinajstić information content (AvgIpc) is 3.28. The van der Waals surface area contributed by atoms with Crippen LogP contribution >= 0.6 is 11.6 Å². The zero-order valence-corrected chi connectivity index (χ0v) is 21.3. The van der Waals surface area contributed by atoms with Gasteiger partial charge in [0.15, 0.2) is 0 Å². The van der Waals surface area contributed by atoms with E-state index in [1.54, 1.807) is 23.1 Å². The fraction of sp³-hybridized carbons (Fsp3) is 0.179. The number of anilines is 3. The third-order valence-corrected chi connectivity index (χ3v) is 7.00. The number of piperazine rings is 1. The van der Waals surface area contributed by atoms with Gasteiger partial charge in [-0.2, -0.15) is 0 Å². The van der Waals surface area contributed by atoms with Crippen LogP contribution in [0.25, 0.3) is 0 Å². The van der Waals surface area contributed by atoms with E-state index in [1.165, 1.54) is 22.3 Å². The number of fused-ring (bicyclic) bond motifs is 1. The Bertz CT molecular complexity index is 1430. The van der Waals surface area contributed by atoms with E-state index in [0.717, 1.165) is 22.4 Å². The van der Waals surface area contributed by atoms with E-state index in [2.05, 4.69) is 5.32 Å². The number of nitrogens with two attached hydrogens (primary N) is 2. The normalized spacial score (nSPS) is 16.1. The van der Waals surface area contributed by atoms with Crippen molar-refractivity contribution in [3.05, 3.63) is 101 Å². The predicted molar refractivity (Wildman–Crippen MR) is 147 cm³/mol. The second-order valence-corrected chi connectivity index (χ2v) is 9.67. The van der Waals surface area contributed by atoms with Crippen LogP contribution in [0.1, 0.15) is 22.7 Å². The Hall–Kier alpha value is -4.34. The first-order chi connectivity index (χ1) is 18.3. The predicted octanol–water partition coefficient (Wildman–Crippen LogP) is 3.10. The molecule has 1 unspecified atom stereocenters. The lowest BCUT2D eigenvalue weighted by atomic mass is 9.94. The SMILES string of the molecule is N/C=C\N(N)c1ccc(Cl)cc1N1CC(=O)N(C(Cc2ccccc2)c2ccc3c(c2)CC(=O)N3)CC1=O. The van der Waals surface area contributed by atoms with Gasteiger partial charge in [0, 0.05) is 23.1 Å². The molecule has 2 heterocycles. The van der Waals surface area contributed by atoms with Gasteiger partial charge in [-0.05, 0) is 47.4 Å². The summed E-state index contributed by atoms with van der Waals surface area (Å²) in [5, 5.41) is 4.52. The second kappa shape index (κ2) is 10.6. The monoisotopic (exact) mass is 530 g/mol. The Balaban J connectivity index is 1.48. The van der Waals surface area contributed by atoms with Crippen molar-refractivity contribution in [1.29, 1.82) is 0 Å². The van der Waals surface area contributed by atoms with E-state index in [0.29, 0.717) is 22.8 Å². The number of nitrogens with zero attached hydrogens (tertiary/aromatic N) is 3. The summed E-state index contributed by atoms with van der Waals surface area (Å²) in [5.74, 6) is 5.55. The third-order valence-electron chi connectivity index (χ3n) is 6.76. The molecular formula is C28H27ClN6O3. The number of hydrogen-bond acceptors (Lipinski definition) is 6. The molecule has 0 saturated carbocycles. The topological polar surface area (TPSA) is 125 Å². The van der Waals surface area contributed by atoms with Gasteiger partial charge in [-0.15, -0.1) is 0 Å². The molecule has 5 rings (SSSR count). The summed E-state index contributed by atoms with van der Waals surface area (Å²) in [4.78, 5) is 42.1. The Morgan fingerprint density at radius 3 is 2.55 bits per heavy atom. The molecular weight excluding hydrogens is 504 g/mol. The summed E-state index contributed by atoms with van der Waals surface area (Å²) in [6.07, 6.45) is 3.52. The Kier molecular flexibility index (Phi) is 7.04. The third kappa shape index (κ3) is 5.06. The van der Waals surface area contributed by atoms with E-state index in [4.69, 9.17) is 23.2 Å². The molecule has 2 aliphatic rings. The highest BCUT2D eigenvalue weighted by Gasteiger charge is 2.37. The Morgan fingerprint density at radius 2 is 1.79 bits per heavy atom. The molecule has 38 heavy (non-hydrogen) atoms. The largest absolute Gasteiger partial charge is 0.403 e. The molecule has 3 aromatic rings. The molecule has 10 heteroatoms. The molecule has 0 spiro atoms. The van der Waals surface area contributed by atoms with Gasteiger partial charge in [0.25, 0.3) is 0 Å². The first kappa shape index (κ1) is 25.3. The van der Waals surface area contributed by atoms with E-state index >= 15 is 0 Å². The molecule has 3 amide bonds. The zero-order valence-electron chi connectivity index (χ0n) is 20.5. The van der Waals surface area contributed by atoms with Crippen LogP contribution in [0, 0.1) is 0 Å². The molecule has 194 valence electrons. The average molecular weight is 531 g/mol. The van der Waals surface area contributed by atoms with E-state index < -0.39 is 6.04 Å². The number of carbonyl (C=O) groups is 3. The van der Waals surface area contributed by atoms with Gasteiger partial charge < -0.3 is 16.0 Å². The summed E-state index contributed by atoms with van der Waals surface area (Å²) in [7, 11) is 0. The maximum atomic E-state index is 13.7. The number of nitrogens with one attached hydrogen (secondary N) is 1. The van der Waals surface area contributed by atoms with Crippen molar-refractivity contribution >= 4 is 46.4 Å². The van der Waals surface area contributed by atoms with E-state index in [-0.39, 0.29) is 37.2 Å². The minimum atomic E-state index is -0.401. The number of carbonyl (C=O) groups excluding carboxylic acids is 3.